The van der Waals surface area contributed by atoms with Gasteiger partial charge in [0.15, 0.2) is 0 Å². The van der Waals surface area contributed by atoms with Gasteiger partial charge in [-0.3, -0.25) is 9.59 Å². The van der Waals surface area contributed by atoms with Crippen molar-refractivity contribution in [2.75, 3.05) is 6.61 Å². The Bertz CT molecular complexity index is 293. The first-order chi connectivity index (χ1) is 8.54. The number of aliphatic carboxylic acids is 1. The molecule has 0 aromatic rings. The van der Waals surface area contributed by atoms with Crippen LogP contribution in [0.25, 0.3) is 0 Å². The maximum Gasteiger partial charge on any atom is 0.310 e. The second-order valence-electron chi connectivity index (χ2n) is 5.18. The standard InChI is InChI=1S/C13H23NO4/c1-2-10(9-15)14-11(16)8-13(12(17)18)6-4-3-5-7-13/h10,15H,2-9H2,1H3,(H,14,16)(H,17,18)/t10-/m0/s1. The fraction of sp³-hybridized carbons (Fsp3) is 0.846. The third kappa shape index (κ3) is 3.70. The van der Waals surface area contributed by atoms with E-state index in [4.69, 9.17) is 5.11 Å². The molecule has 1 aliphatic rings. The second-order valence-corrected chi connectivity index (χ2v) is 5.18. The van der Waals surface area contributed by atoms with Gasteiger partial charge in [0.2, 0.25) is 5.91 Å². The molecule has 0 aliphatic heterocycles. The zero-order chi connectivity index (χ0) is 13.6. The summed E-state index contributed by atoms with van der Waals surface area (Å²) in [5.41, 5.74) is -0.893. The normalized spacial score (nSPS) is 20.1. The van der Waals surface area contributed by atoms with Gasteiger partial charge in [-0.2, -0.15) is 0 Å². The number of amides is 1. The number of aliphatic hydroxyl groups excluding tert-OH is 1. The molecule has 0 aromatic carbocycles. The van der Waals surface area contributed by atoms with Crippen molar-refractivity contribution in [3.63, 3.8) is 0 Å². The quantitative estimate of drug-likeness (QED) is 0.669. The third-order valence-corrected chi connectivity index (χ3v) is 3.84. The van der Waals surface area contributed by atoms with Crippen LogP contribution < -0.4 is 5.32 Å². The highest BCUT2D eigenvalue weighted by atomic mass is 16.4. The average molecular weight is 257 g/mol. The highest BCUT2D eigenvalue weighted by Gasteiger charge is 2.41. The predicted octanol–water partition coefficient (Wildman–Crippen LogP) is 1.30. The Kier molecular flexibility index (Phi) is 5.59. The molecule has 0 heterocycles. The van der Waals surface area contributed by atoms with Crippen molar-refractivity contribution >= 4 is 11.9 Å². The highest BCUT2D eigenvalue weighted by molar-refractivity contribution is 5.85. The van der Waals surface area contributed by atoms with Crippen LogP contribution in [0.2, 0.25) is 0 Å². The van der Waals surface area contributed by atoms with Crippen LogP contribution in [0, 0.1) is 5.41 Å². The van der Waals surface area contributed by atoms with E-state index in [1.165, 1.54) is 0 Å². The molecule has 0 saturated heterocycles. The lowest BCUT2D eigenvalue weighted by atomic mass is 9.71. The molecule has 18 heavy (non-hydrogen) atoms. The minimum atomic E-state index is -0.893. The number of hydrogen-bond acceptors (Lipinski definition) is 3. The first kappa shape index (κ1) is 15.0. The summed E-state index contributed by atoms with van der Waals surface area (Å²) in [5, 5.41) is 21.1. The molecule has 0 aromatic heterocycles. The molecule has 0 spiro atoms. The zero-order valence-corrected chi connectivity index (χ0v) is 10.9. The molecule has 0 radical (unpaired) electrons. The Morgan fingerprint density at radius 1 is 1.28 bits per heavy atom. The summed E-state index contributed by atoms with van der Waals surface area (Å²) >= 11 is 0. The Hall–Kier alpha value is -1.10. The van der Waals surface area contributed by atoms with Crippen molar-refractivity contribution in [1.82, 2.24) is 5.32 Å². The van der Waals surface area contributed by atoms with Gasteiger partial charge < -0.3 is 15.5 Å². The van der Waals surface area contributed by atoms with Crippen LogP contribution >= 0.6 is 0 Å². The molecule has 5 nitrogen and oxygen atoms in total. The summed E-state index contributed by atoms with van der Waals surface area (Å²) in [7, 11) is 0. The molecule has 5 heteroatoms. The van der Waals surface area contributed by atoms with Crippen LogP contribution in [0.3, 0.4) is 0 Å². The van der Waals surface area contributed by atoms with Crippen LogP contribution in [-0.4, -0.2) is 34.7 Å². The number of carbonyl (C=O) groups is 2. The van der Waals surface area contributed by atoms with Gasteiger partial charge in [0.05, 0.1) is 18.1 Å². The molecule has 0 unspecified atom stereocenters. The van der Waals surface area contributed by atoms with E-state index in [9.17, 15) is 14.7 Å². The summed E-state index contributed by atoms with van der Waals surface area (Å²) < 4.78 is 0. The Labute approximate surface area is 108 Å². The molecule has 0 bridgehead atoms. The molecule has 1 saturated carbocycles. The number of carboxylic acids is 1. The summed E-state index contributed by atoms with van der Waals surface area (Å²) in [6.45, 7) is 1.76. The smallest absolute Gasteiger partial charge is 0.310 e. The van der Waals surface area contributed by atoms with E-state index >= 15 is 0 Å². The Morgan fingerprint density at radius 2 is 1.89 bits per heavy atom. The average Bonchev–Trinajstić information content (AvgIpc) is 2.36. The first-order valence-electron chi connectivity index (χ1n) is 6.67. The van der Waals surface area contributed by atoms with Crippen LogP contribution in [0.15, 0.2) is 0 Å². The lowest BCUT2D eigenvalue weighted by molar-refractivity contribution is -0.154. The fourth-order valence-electron chi connectivity index (χ4n) is 2.56. The number of aliphatic hydroxyl groups is 1. The maximum atomic E-state index is 11.9. The minimum absolute atomic E-state index is 0.0266. The Morgan fingerprint density at radius 3 is 2.33 bits per heavy atom. The van der Waals surface area contributed by atoms with Gasteiger partial charge in [0.25, 0.3) is 0 Å². The SMILES string of the molecule is CC[C@@H](CO)NC(=O)CC1(C(=O)O)CCCCC1. The van der Waals surface area contributed by atoms with E-state index in [2.05, 4.69) is 5.32 Å². The minimum Gasteiger partial charge on any atom is -0.481 e. The molecule has 3 N–H and O–H groups in total. The molecular formula is C13H23NO4. The number of carboxylic acid groups (broad SMARTS) is 1. The highest BCUT2D eigenvalue weighted by Crippen LogP contribution is 2.39. The van der Waals surface area contributed by atoms with E-state index in [-0.39, 0.29) is 25.0 Å². The van der Waals surface area contributed by atoms with Crippen molar-refractivity contribution in [1.29, 1.82) is 0 Å². The summed E-state index contributed by atoms with van der Waals surface area (Å²) in [6.07, 6.45) is 4.61. The maximum absolute atomic E-state index is 11.9. The van der Waals surface area contributed by atoms with Crippen molar-refractivity contribution in [2.45, 2.75) is 57.9 Å². The monoisotopic (exact) mass is 257 g/mol. The summed E-state index contributed by atoms with van der Waals surface area (Å²) in [5.74, 6) is -1.13. The summed E-state index contributed by atoms with van der Waals surface area (Å²) in [4.78, 5) is 23.3. The van der Waals surface area contributed by atoms with Gasteiger partial charge in [0.1, 0.15) is 0 Å². The van der Waals surface area contributed by atoms with E-state index in [1.807, 2.05) is 6.92 Å². The third-order valence-electron chi connectivity index (χ3n) is 3.84. The van der Waals surface area contributed by atoms with Crippen LogP contribution in [-0.2, 0) is 9.59 Å². The first-order valence-corrected chi connectivity index (χ1v) is 6.67. The molecule has 1 rings (SSSR count). The zero-order valence-electron chi connectivity index (χ0n) is 10.9. The van der Waals surface area contributed by atoms with E-state index in [1.54, 1.807) is 0 Å². The largest absolute Gasteiger partial charge is 0.481 e. The van der Waals surface area contributed by atoms with Crippen molar-refractivity contribution in [3.8, 4) is 0 Å². The lowest BCUT2D eigenvalue weighted by Gasteiger charge is -2.32. The van der Waals surface area contributed by atoms with Gasteiger partial charge >= 0.3 is 5.97 Å². The second kappa shape index (κ2) is 6.73. The number of hydrogen-bond donors (Lipinski definition) is 3. The van der Waals surface area contributed by atoms with E-state index in [0.717, 1.165) is 19.3 Å². The topological polar surface area (TPSA) is 86.6 Å². The van der Waals surface area contributed by atoms with Crippen molar-refractivity contribution in [2.24, 2.45) is 5.41 Å². The molecule has 1 aliphatic carbocycles. The molecule has 1 fully saturated rings. The van der Waals surface area contributed by atoms with Crippen LogP contribution in [0.5, 0.6) is 0 Å². The van der Waals surface area contributed by atoms with Crippen molar-refractivity contribution in [3.05, 3.63) is 0 Å². The van der Waals surface area contributed by atoms with Gasteiger partial charge in [-0.05, 0) is 19.3 Å². The predicted molar refractivity (Wildman–Crippen MR) is 67.1 cm³/mol. The summed E-state index contributed by atoms with van der Waals surface area (Å²) in [6, 6.07) is -0.271. The van der Waals surface area contributed by atoms with E-state index < -0.39 is 11.4 Å². The van der Waals surface area contributed by atoms with Gasteiger partial charge in [-0.15, -0.1) is 0 Å². The Balaban J connectivity index is 2.61. The molecular weight excluding hydrogens is 234 g/mol. The molecule has 1 amide bonds. The molecule has 104 valence electrons. The number of rotatable bonds is 6. The van der Waals surface area contributed by atoms with E-state index in [0.29, 0.717) is 19.3 Å². The number of nitrogens with one attached hydrogen (secondary N) is 1. The molecule has 1 atom stereocenters. The van der Waals surface area contributed by atoms with Gasteiger partial charge in [0, 0.05) is 6.42 Å². The van der Waals surface area contributed by atoms with Crippen LogP contribution in [0.4, 0.5) is 0 Å². The van der Waals surface area contributed by atoms with Crippen LogP contribution in [0.1, 0.15) is 51.9 Å². The van der Waals surface area contributed by atoms with Crippen molar-refractivity contribution < 1.29 is 19.8 Å². The fourth-order valence-corrected chi connectivity index (χ4v) is 2.56. The number of carbonyl (C=O) groups excluding carboxylic acids is 1. The van der Waals surface area contributed by atoms with Gasteiger partial charge in [-0.1, -0.05) is 26.2 Å². The lowest BCUT2D eigenvalue weighted by Crippen LogP contribution is -2.43. The van der Waals surface area contributed by atoms with Gasteiger partial charge in [-0.25, -0.2) is 0 Å².